The standard InChI is InChI=1S/C20H16ClF3N2O/c1-2-26(15-7-5-6-13(22)10-15)18(16-8-3-4-9-17(16)21)19(27)25-14-11-20(23,24)12-14/h1,3-10,14,18H,11-12H2,(H,25,27). The van der Waals surface area contributed by atoms with Crippen molar-refractivity contribution < 1.29 is 18.0 Å². The lowest BCUT2D eigenvalue weighted by atomic mass is 9.87. The van der Waals surface area contributed by atoms with E-state index in [0.29, 0.717) is 5.56 Å². The second-order valence-electron chi connectivity index (χ2n) is 6.37. The molecular weight excluding hydrogens is 377 g/mol. The zero-order valence-corrected chi connectivity index (χ0v) is 14.9. The molecule has 1 aliphatic carbocycles. The molecule has 0 saturated heterocycles. The fourth-order valence-electron chi connectivity index (χ4n) is 3.06. The molecule has 0 radical (unpaired) electrons. The van der Waals surface area contributed by atoms with Crippen LogP contribution in [0.2, 0.25) is 5.02 Å². The van der Waals surface area contributed by atoms with Crippen molar-refractivity contribution in [1.82, 2.24) is 5.32 Å². The van der Waals surface area contributed by atoms with E-state index in [1.165, 1.54) is 23.1 Å². The van der Waals surface area contributed by atoms with Crippen LogP contribution in [0.1, 0.15) is 24.4 Å². The molecule has 0 aliphatic heterocycles. The van der Waals surface area contributed by atoms with Gasteiger partial charge in [0.2, 0.25) is 5.91 Å². The van der Waals surface area contributed by atoms with Crippen LogP contribution in [-0.2, 0) is 4.79 Å². The van der Waals surface area contributed by atoms with Crippen molar-refractivity contribution in [2.45, 2.75) is 30.8 Å². The highest BCUT2D eigenvalue weighted by atomic mass is 35.5. The van der Waals surface area contributed by atoms with Crippen molar-refractivity contribution in [3.8, 4) is 12.5 Å². The number of nitrogens with one attached hydrogen (secondary N) is 1. The molecule has 3 rings (SSSR count). The van der Waals surface area contributed by atoms with Gasteiger partial charge >= 0.3 is 0 Å². The van der Waals surface area contributed by atoms with Gasteiger partial charge in [0.05, 0.1) is 5.69 Å². The van der Waals surface area contributed by atoms with E-state index in [-0.39, 0.29) is 10.7 Å². The molecule has 0 aromatic heterocycles. The molecule has 1 amide bonds. The van der Waals surface area contributed by atoms with Gasteiger partial charge in [0.25, 0.3) is 5.92 Å². The highest BCUT2D eigenvalue weighted by molar-refractivity contribution is 6.31. The summed E-state index contributed by atoms with van der Waals surface area (Å²) in [7, 11) is 0. The maximum absolute atomic E-state index is 13.7. The molecule has 2 aromatic rings. The average Bonchev–Trinajstić information content (AvgIpc) is 2.58. The van der Waals surface area contributed by atoms with Crippen LogP contribution in [0.5, 0.6) is 0 Å². The van der Waals surface area contributed by atoms with Gasteiger partial charge in [-0.1, -0.05) is 42.3 Å². The maximum atomic E-state index is 13.7. The minimum Gasteiger partial charge on any atom is -0.351 e. The van der Waals surface area contributed by atoms with Gasteiger partial charge in [-0.15, -0.1) is 0 Å². The zero-order valence-electron chi connectivity index (χ0n) is 14.1. The van der Waals surface area contributed by atoms with E-state index >= 15 is 0 Å². The van der Waals surface area contributed by atoms with Crippen molar-refractivity contribution in [3.05, 3.63) is 64.9 Å². The first-order valence-electron chi connectivity index (χ1n) is 8.24. The summed E-state index contributed by atoms with van der Waals surface area (Å²) in [5.41, 5.74) is 0.668. The lowest BCUT2D eigenvalue weighted by molar-refractivity contribution is -0.130. The summed E-state index contributed by atoms with van der Waals surface area (Å²) in [6.07, 6.45) is 4.76. The summed E-state index contributed by atoms with van der Waals surface area (Å²) < 4.78 is 39.9. The van der Waals surface area contributed by atoms with E-state index in [1.54, 1.807) is 30.3 Å². The summed E-state index contributed by atoms with van der Waals surface area (Å²) in [4.78, 5) is 14.2. The van der Waals surface area contributed by atoms with E-state index < -0.39 is 42.6 Å². The Morgan fingerprint density at radius 2 is 1.96 bits per heavy atom. The number of hydrogen-bond donors (Lipinski definition) is 1. The molecule has 0 bridgehead atoms. The van der Waals surface area contributed by atoms with E-state index in [9.17, 15) is 18.0 Å². The number of amides is 1. The second-order valence-corrected chi connectivity index (χ2v) is 6.78. The Bertz CT molecular complexity index is 889. The van der Waals surface area contributed by atoms with Gasteiger partial charge in [0, 0.05) is 35.5 Å². The highest BCUT2D eigenvalue weighted by Crippen LogP contribution is 2.38. The molecular formula is C20H16ClF3N2O. The largest absolute Gasteiger partial charge is 0.351 e. The van der Waals surface area contributed by atoms with Crippen LogP contribution in [0.4, 0.5) is 18.9 Å². The van der Waals surface area contributed by atoms with Gasteiger partial charge in [-0.2, -0.15) is 0 Å². The Hall–Kier alpha value is -2.65. The molecule has 140 valence electrons. The van der Waals surface area contributed by atoms with Crippen molar-refractivity contribution in [2.75, 3.05) is 4.90 Å². The van der Waals surface area contributed by atoms with E-state index in [1.807, 2.05) is 0 Å². The Labute approximate surface area is 160 Å². The van der Waals surface area contributed by atoms with Crippen LogP contribution in [-0.4, -0.2) is 17.9 Å². The number of hydrogen-bond acceptors (Lipinski definition) is 2. The van der Waals surface area contributed by atoms with E-state index in [0.717, 1.165) is 0 Å². The highest BCUT2D eigenvalue weighted by Gasteiger charge is 2.46. The summed E-state index contributed by atoms with van der Waals surface area (Å²) in [5.74, 6) is -3.87. The van der Waals surface area contributed by atoms with E-state index in [2.05, 4.69) is 11.4 Å². The van der Waals surface area contributed by atoms with Gasteiger partial charge in [0.1, 0.15) is 11.9 Å². The number of benzene rings is 2. The number of alkyl halides is 2. The maximum Gasteiger partial charge on any atom is 0.252 e. The Morgan fingerprint density at radius 1 is 1.26 bits per heavy atom. The predicted molar refractivity (Wildman–Crippen MR) is 98.0 cm³/mol. The first-order chi connectivity index (χ1) is 12.8. The first kappa shape index (κ1) is 19.1. The number of rotatable bonds is 5. The smallest absolute Gasteiger partial charge is 0.252 e. The third-order valence-electron chi connectivity index (χ3n) is 4.37. The average molecular weight is 393 g/mol. The monoisotopic (exact) mass is 392 g/mol. The molecule has 2 aromatic carbocycles. The molecule has 1 saturated carbocycles. The summed E-state index contributed by atoms with van der Waals surface area (Å²) in [6.45, 7) is 0. The van der Waals surface area contributed by atoms with Crippen LogP contribution in [0.3, 0.4) is 0 Å². The number of halogens is 4. The van der Waals surface area contributed by atoms with Crippen LogP contribution in [0.25, 0.3) is 0 Å². The minimum absolute atomic E-state index is 0.275. The van der Waals surface area contributed by atoms with Crippen molar-refractivity contribution in [1.29, 1.82) is 0 Å². The van der Waals surface area contributed by atoms with Crippen LogP contribution in [0.15, 0.2) is 48.5 Å². The van der Waals surface area contributed by atoms with Crippen molar-refractivity contribution in [3.63, 3.8) is 0 Å². The normalized spacial score (nSPS) is 16.7. The quantitative estimate of drug-likeness (QED) is 0.599. The number of terminal acetylenes is 1. The molecule has 1 unspecified atom stereocenters. The molecule has 27 heavy (non-hydrogen) atoms. The molecule has 1 fully saturated rings. The van der Waals surface area contributed by atoms with Gasteiger partial charge < -0.3 is 5.32 Å². The first-order valence-corrected chi connectivity index (χ1v) is 8.62. The van der Waals surface area contributed by atoms with Crippen LogP contribution in [0, 0.1) is 18.3 Å². The summed E-state index contributed by atoms with van der Waals surface area (Å²) >= 11 is 6.24. The number of carbonyl (C=O) groups is 1. The SMILES string of the molecule is C#CN(c1cccc(F)c1)C(C(=O)NC1CC(F)(F)C1)c1ccccc1Cl. The number of nitrogens with zero attached hydrogens (tertiary/aromatic N) is 1. The molecule has 0 spiro atoms. The third-order valence-corrected chi connectivity index (χ3v) is 4.71. The van der Waals surface area contributed by atoms with E-state index in [4.69, 9.17) is 18.0 Å². The lowest BCUT2D eigenvalue weighted by Gasteiger charge is -2.37. The Balaban J connectivity index is 1.96. The van der Waals surface area contributed by atoms with Gasteiger partial charge in [-0.25, -0.2) is 13.2 Å². The molecule has 1 aliphatic rings. The fraction of sp³-hybridized carbons (Fsp3) is 0.250. The topological polar surface area (TPSA) is 32.3 Å². The van der Waals surface area contributed by atoms with Crippen molar-refractivity contribution >= 4 is 23.2 Å². The van der Waals surface area contributed by atoms with Gasteiger partial charge in [-0.3, -0.25) is 9.69 Å². The second kappa shape index (κ2) is 7.53. The summed E-state index contributed by atoms with van der Waals surface area (Å²) in [5, 5.41) is 2.87. The molecule has 0 heterocycles. The van der Waals surface area contributed by atoms with Crippen LogP contribution < -0.4 is 10.2 Å². The van der Waals surface area contributed by atoms with Gasteiger partial charge in [0.15, 0.2) is 0 Å². The molecule has 1 N–H and O–H groups in total. The zero-order chi connectivity index (χ0) is 19.6. The number of anilines is 1. The Morgan fingerprint density at radius 3 is 2.56 bits per heavy atom. The van der Waals surface area contributed by atoms with Gasteiger partial charge in [-0.05, 0) is 24.3 Å². The molecule has 1 atom stereocenters. The Kier molecular flexibility index (Phi) is 5.33. The number of carbonyl (C=O) groups excluding carboxylic acids is 1. The van der Waals surface area contributed by atoms with Crippen molar-refractivity contribution in [2.24, 2.45) is 0 Å². The molecule has 3 nitrogen and oxygen atoms in total. The third kappa shape index (κ3) is 4.20. The molecule has 7 heteroatoms. The fourth-order valence-corrected chi connectivity index (χ4v) is 3.30. The lowest BCUT2D eigenvalue weighted by Crippen LogP contribution is -2.53. The summed E-state index contributed by atoms with van der Waals surface area (Å²) in [6, 6.07) is 12.7. The minimum atomic E-state index is -2.77. The predicted octanol–water partition coefficient (Wildman–Crippen LogP) is 4.53. The van der Waals surface area contributed by atoms with Crippen LogP contribution >= 0.6 is 11.6 Å².